The lowest BCUT2D eigenvalue weighted by molar-refractivity contribution is -0.870. The number of hydrogen-bond donors (Lipinski definition) is 4. The Labute approximate surface area is 325 Å². The van der Waals surface area contributed by atoms with E-state index in [1.807, 2.05) is 54.1 Å². The Morgan fingerprint density at radius 2 is 1.58 bits per heavy atom. The second-order valence-corrected chi connectivity index (χ2v) is 18.4. The van der Waals surface area contributed by atoms with Crippen molar-refractivity contribution >= 4 is 44.9 Å². The first-order valence-electron chi connectivity index (χ1n) is 19.0. The number of para-hydroxylation sites is 2. The number of allylic oxidation sites excluding steroid dienone is 5. The molecule has 0 saturated carbocycles. The molecule has 1 amide bonds. The maximum atomic E-state index is 14.5. The van der Waals surface area contributed by atoms with Crippen LogP contribution >= 0.6 is 0 Å². The fraction of sp³-hybridized carbons (Fsp3) is 0.476. The third-order valence-electron chi connectivity index (χ3n) is 10.9. The summed E-state index contributed by atoms with van der Waals surface area (Å²) in [4.78, 5) is 41.3. The van der Waals surface area contributed by atoms with E-state index >= 15 is 0 Å². The lowest BCUT2D eigenvalue weighted by Crippen LogP contribution is -2.50. The lowest BCUT2D eigenvalue weighted by atomic mass is 9.77. The molecule has 12 nitrogen and oxygen atoms in total. The number of anilines is 1. The standard InChI is InChI=1S/C42H55N5O7S/c1-41(2)30-17-9-11-19-33(30)45(5)35(41)25-28-38(44-32(27-55(52,53)54)40(51)43-22-14-13-21-37(48)49)29(39(28)50)26-36-42(3,4)31-18-10-12-20-34(31)46(36)23-15-16-24-47(6,7)8/h9-12,17-20,25-26,32H,13-16,21-24,27H2,1-8H3,(H2-2,43,44,48,49,50,51,52,53,54)/p+2. The molecule has 5 rings (SSSR count). The number of Topliss-reactive ketones (excluding diaryl/α,β-unsaturated/α-hetero) is 1. The van der Waals surface area contributed by atoms with Crippen molar-refractivity contribution in [3.8, 4) is 0 Å². The Kier molecular flexibility index (Phi) is 12.0. The van der Waals surface area contributed by atoms with Gasteiger partial charge in [-0.1, -0.05) is 50.2 Å². The first-order chi connectivity index (χ1) is 25.6. The van der Waals surface area contributed by atoms with Gasteiger partial charge in [0.2, 0.25) is 11.6 Å². The van der Waals surface area contributed by atoms with Crippen molar-refractivity contribution in [1.29, 1.82) is 0 Å². The van der Waals surface area contributed by atoms with Crippen molar-refractivity contribution in [1.82, 2.24) is 10.6 Å². The summed E-state index contributed by atoms with van der Waals surface area (Å²) in [6.45, 7) is 10.3. The SMILES string of the molecule is C[N+]1=C(/C=C2\C(=O)C(/C=C3/N(CCCC[N+](C)(C)C)c4ccccc4C3(C)C)=C2NC(CS(=O)(=O)O)C(=O)NCCCCC(=O)O)C(C)(C)c2ccccc21. The lowest BCUT2D eigenvalue weighted by Gasteiger charge is -2.32. The molecule has 2 aliphatic heterocycles. The summed E-state index contributed by atoms with van der Waals surface area (Å²) in [6, 6.07) is 14.8. The molecule has 1 unspecified atom stereocenters. The number of carbonyl (C=O) groups is 3. The number of ketones is 1. The van der Waals surface area contributed by atoms with Crippen LogP contribution in [0, 0.1) is 0 Å². The van der Waals surface area contributed by atoms with E-state index in [9.17, 15) is 27.4 Å². The number of benzene rings is 2. The van der Waals surface area contributed by atoms with Gasteiger partial charge in [-0.05, 0) is 57.2 Å². The van der Waals surface area contributed by atoms with Gasteiger partial charge in [0, 0.05) is 59.6 Å². The summed E-state index contributed by atoms with van der Waals surface area (Å²) in [7, 11) is 3.80. The number of nitrogens with zero attached hydrogens (tertiary/aromatic N) is 3. The number of unbranched alkanes of at least 4 members (excludes halogenated alkanes) is 2. The minimum atomic E-state index is -4.65. The molecule has 55 heavy (non-hydrogen) atoms. The van der Waals surface area contributed by atoms with Gasteiger partial charge in [-0.25, -0.2) is 0 Å². The van der Waals surface area contributed by atoms with Crippen LogP contribution in [0.15, 0.2) is 83.2 Å². The minimum absolute atomic E-state index is 0.0652. The third-order valence-corrected chi connectivity index (χ3v) is 11.7. The van der Waals surface area contributed by atoms with Crippen LogP contribution in [0.1, 0.15) is 70.9 Å². The van der Waals surface area contributed by atoms with Gasteiger partial charge in [-0.3, -0.25) is 18.9 Å². The van der Waals surface area contributed by atoms with E-state index in [1.165, 1.54) is 0 Å². The molecule has 2 aromatic carbocycles. The molecular weight excluding hydrogens is 719 g/mol. The number of carboxylic acid groups (broad SMARTS) is 1. The normalized spacial score (nSPS) is 19.4. The number of quaternary nitrogens is 1. The van der Waals surface area contributed by atoms with Gasteiger partial charge < -0.3 is 25.1 Å². The van der Waals surface area contributed by atoms with Crippen molar-refractivity contribution in [3.05, 3.63) is 94.4 Å². The summed E-state index contributed by atoms with van der Waals surface area (Å²) in [5.41, 5.74) is 6.01. The summed E-state index contributed by atoms with van der Waals surface area (Å²) in [5, 5.41) is 14.8. The average Bonchev–Trinajstić information content (AvgIpc) is 3.43. The van der Waals surface area contributed by atoms with E-state index in [1.54, 1.807) is 0 Å². The monoisotopic (exact) mass is 775 g/mol. The fourth-order valence-corrected chi connectivity index (χ4v) is 8.58. The molecule has 3 aliphatic rings. The van der Waals surface area contributed by atoms with E-state index < -0.39 is 44.6 Å². The molecule has 296 valence electrons. The number of hydrogen-bond acceptors (Lipinski definition) is 7. The van der Waals surface area contributed by atoms with E-state index in [4.69, 9.17) is 5.11 Å². The second-order valence-electron chi connectivity index (χ2n) is 16.9. The Morgan fingerprint density at radius 3 is 2.22 bits per heavy atom. The van der Waals surface area contributed by atoms with Gasteiger partial charge in [-0.15, -0.1) is 0 Å². The molecular formula is C42H57N5O7S+2. The Morgan fingerprint density at radius 1 is 0.927 bits per heavy atom. The highest BCUT2D eigenvalue weighted by molar-refractivity contribution is 7.85. The average molecular weight is 776 g/mol. The number of nitrogens with one attached hydrogen (secondary N) is 2. The first-order valence-corrected chi connectivity index (χ1v) is 20.6. The van der Waals surface area contributed by atoms with Gasteiger partial charge in [0.05, 0.1) is 44.4 Å². The second kappa shape index (κ2) is 15.9. The van der Waals surface area contributed by atoms with Crippen LogP contribution in [-0.4, -0.2) is 110 Å². The van der Waals surface area contributed by atoms with E-state index in [0.29, 0.717) is 29.7 Å². The van der Waals surface area contributed by atoms with Crippen LogP contribution < -0.4 is 15.5 Å². The van der Waals surface area contributed by atoms with Crippen LogP contribution in [0.2, 0.25) is 0 Å². The summed E-state index contributed by atoms with van der Waals surface area (Å²) in [5.74, 6) is -2.84. The van der Waals surface area contributed by atoms with E-state index in [2.05, 4.69) is 82.6 Å². The fourth-order valence-electron chi connectivity index (χ4n) is 7.92. The number of fused-ring (bicyclic) bond motifs is 2. The van der Waals surface area contributed by atoms with Crippen molar-refractivity contribution in [2.45, 2.75) is 76.7 Å². The van der Waals surface area contributed by atoms with E-state index in [0.717, 1.165) is 64.3 Å². The molecule has 4 N–H and O–H groups in total. The number of rotatable bonds is 17. The zero-order chi connectivity index (χ0) is 40.5. The quantitative estimate of drug-likeness (QED) is 0.0581. The first kappa shape index (κ1) is 41.6. The number of amides is 1. The zero-order valence-electron chi connectivity index (χ0n) is 33.4. The largest absolute Gasteiger partial charge is 0.481 e. The zero-order valence-corrected chi connectivity index (χ0v) is 34.2. The highest BCUT2D eigenvalue weighted by Gasteiger charge is 2.47. The molecule has 1 atom stereocenters. The molecule has 0 spiro atoms. The molecule has 2 heterocycles. The molecule has 0 fully saturated rings. The molecule has 1 aliphatic carbocycles. The maximum Gasteiger partial charge on any atom is 0.303 e. The molecule has 0 aromatic heterocycles. The van der Waals surface area contributed by atoms with Gasteiger partial charge in [0.1, 0.15) is 18.8 Å². The van der Waals surface area contributed by atoms with Gasteiger partial charge in [0.15, 0.2) is 11.5 Å². The molecule has 2 aromatic rings. The maximum absolute atomic E-state index is 14.5. The summed E-state index contributed by atoms with van der Waals surface area (Å²) in [6.07, 6.45) is 6.24. The van der Waals surface area contributed by atoms with Crippen LogP contribution in [0.25, 0.3) is 0 Å². The van der Waals surface area contributed by atoms with Gasteiger partial charge in [-0.2, -0.15) is 13.0 Å². The van der Waals surface area contributed by atoms with Crippen molar-refractivity contribution in [3.63, 3.8) is 0 Å². The Hall–Kier alpha value is -4.59. The van der Waals surface area contributed by atoms with Crippen molar-refractivity contribution < 1.29 is 41.5 Å². The van der Waals surface area contributed by atoms with Crippen LogP contribution in [0.5, 0.6) is 0 Å². The molecule has 0 radical (unpaired) electrons. The topological polar surface area (TPSA) is 156 Å². The summed E-state index contributed by atoms with van der Waals surface area (Å²) >= 11 is 0. The van der Waals surface area contributed by atoms with Crippen LogP contribution in [0.4, 0.5) is 11.4 Å². The number of carboxylic acids is 1. The summed E-state index contributed by atoms with van der Waals surface area (Å²) < 4.78 is 37.5. The Balaban J connectivity index is 1.60. The highest BCUT2D eigenvalue weighted by atomic mass is 32.2. The van der Waals surface area contributed by atoms with Crippen molar-refractivity contribution in [2.24, 2.45) is 0 Å². The molecule has 0 bridgehead atoms. The van der Waals surface area contributed by atoms with Crippen LogP contribution in [0.3, 0.4) is 0 Å². The van der Waals surface area contributed by atoms with Crippen LogP contribution in [-0.2, 0) is 35.3 Å². The smallest absolute Gasteiger partial charge is 0.303 e. The van der Waals surface area contributed by atoms with E-state index in [-0.39, 0.29) is 18.7 Å². The predicted molar refractivity (Wildman–Crippen MR) is 215 cm³/mol. The number of carbonyl (C=O) groups excluding carboxylic acids is 2. The van der Waals surface area contributed by atoms with Crippen molar-refractivity contribution in [2.75, 3.05) is 58.5 Å². The Bertz CT molecular complexity index is 2100. The molecule has 13 heteroatoms. The highest BCUT2D eigenvalue weighted by Crippen LogP contribution is 2.49. The minimum Gasteiger partial charge on any atom is -0.481 e. The van der Waals surface area contributed by atoms with Gasteiger partial charge in [0.25, 0.3) is 10.1 Å². The van der Waals surface area contributed by atoms with Gasteiger partial charge >= 0.3 is 5.97 Å². The third kappa shape index (κ3) is 9.11. The number of aliphatic carboxylic acids is 1. The predicted octanol–water partition coefficient (Wildman–Crippen LogP) is 4.84. The molecule has 0 saturated heterocycles.